The molecular weight excluding hydrogens is 336 g/mol. The molecule has 0 aromatic heterocycles. The lowest BCUT2D eigenvalue weighted by Crippen LogP contribution is -2.45. The highest BCUT2D eigenvalue weighted by atomic mass is 32.2. The topological polar surface area (TPSA) is 99.2 Å². The summed E-state index contributed by atoms with van der Waals surface area (Å²) in [6.45, 7) is 3.31. The van der Waals surface area contributed by atoms with E-state index in [2.05, 4.69) is 11.4 Å². The average molecular weight is 356 g/mol. The van der Waals surface area contributed by atoms with E-state index in [0.29, 0.717) is 23.7 Å². The van der Waals surface area contributed by atoms with Gasteiger partial charge in [0.05, 0.1) is 16.7 Å². The molecule has 0 saturated carbocycles. The minimum Gasteiger partial charge on any atom is -0.393 e. The lowest BCUT2D eigenvalue weighted by Gasteiger charge is -2.21. The molecule has 0 spiro atoms. The number of benzene rings is 1. The number of allylic oxidation sites excluding steroid dienone is 1. The fourth-order valence-corrected chi connectivity index (χ4v) is 4.36. The van der Waals surface area contributed by atoms with Gasteiger partial charge in [0.2, 0.25) is 5.91 Å². The van der Waals surface area contributed by atoms with Gasteiger partial charge in [-0.15, -0.1) is 0 Å². The molecule has 0 bridgehead atoms. The number of aryl methyl sites for hydroxylation is 1. The Morgan fingerprint density at radius 1 is 1.28 bits per heavy atom. The second-order valence-electron chi connectivity index (χ2n) is 6.31. The maximum Gasteiger partial charge on any atom is 0.324 e. The molecule has 1 aromatic rings. The van der Waals surface area contributed by atoms with E-state index in [9.17, 15) is 14.9 Å². The summed E-state index contributed by atoms with van der Waals surface area (Å²) in [4.78, 5) is 26.5. The third kappa shape index (κ3) is 3.49. The highest BCUT2D eigenvalue weighted by molar-refractivity contribution is 8.04. The van der Waals surface area contributed by atoms with Gasteiger partial charge in [0.15, 0.2) is 0 Å². The first kappa shape index (κ1) is 17.4. The Kier molecular flexibility index (Phi) is 5.00. The fourth-order valence-electron chi connectivity index (χ4n) is 3.19. The SMILES string of the molecule is Cc1ccc(C2C(C#N)=C(N)SC2C(=O)NC(=O)N2CCCC2)cc1. The number of imide groups is 1. The quantitative estimate of drug-likeness (QED) is 0.846. The van der Waals surface area contributed by atoms with Crippen LogP contribution in [-0.2, 0) is 4.79 Å². The molecule has 130 valence electrons. The molecule has 1 fully saturated rings. The third-order valence-electron chi connectivity index (χ3n) is 4.57. The van der Waals surface area contributed by atoms with E-state index in [0.717, 1.165) is 35.7 Å². The van der Waals surface area contributed by atoms with E-state index in [-0.39, 0.29) is 6.03 Å². The normalized spacial score (nSPS) is 22.8. The van der Waals surface area contributed by atoms with Crippen LogP contribution >= 0.6 is 11.8 Å². The standard InChI is InChI=1S/C18H20N4O2S/c1-11-4-6-12(7-5-11)14-13(10-19)16(20)25-15(14)17(23)21-18(24)22-8-2-3-9-22/h4-7,14-15H,2-3,8-9,20H2,1H3,(H,21,23,24). The first-order valence-electron chi connectivity index (χ1n) is 8.24. The number of hydrogen-bond donors (Lipinski definition) is 2. The van der Waals surface area contributed by atoms with Gasteiger partial charge in [-0.2, -0.15) is 5.26 Å². The number of likely N-dealkylation sites (tertiary alicyclic amines) is 1. The number of thioether (sulfide) groups is 1. The molecule has 2 aliphatic heterocycles. The zero-order chi connectivity index (χ0) is 18.0. The summed E-state index contributed by atoms with van der Waals surface area (Å²) < 4.78 is 0. The molecule has 2 heterocycles. The number of nitrogens with zero attached hydrogens (tertiary/aromatic N) is 2. The highest BCUT2D eigenvalue weighted by Gasteiger charge is 2.41. The molecule has 7 heteroatoms. The molecule has 2 atom stereocenters. The average Bonchev–Trinajstić information content (AvgIpc) is 3.23. The van der Waals surface area contributed by atoms with E-state index < -0.39 is 17.1 Å². The van der Waals surface area contributed by atoms with Crippen molar-refractivity contribution < 1.29 is 9.59 Å². The fraction of sp³-hybridized carbons (Fsp3) is 0.389. The summed E-state index contributed by atoms with van der Waals surface area (Å²) in [6, 6.07) is 9.44. The Morgan fingerprint density at radius 2 is 1.92 bits per heavy atom. The van der Waals surface area contributed by atoms with Gasteiger partial charge >= 0.3 is 6.03 Å². The molecule has 0 radical (unpaired) electrons. The van der Waals surface area contributed by atoms with Gasteiger partial charge < -0.3 is 10.6 Å². The number of urea groups is 1. The second-order valence-corrected chi connectivity index (χ2v) is 7.49. The highest BCUT2D eigenvalue weighted by Crippen LogP contribution is 2.45. The van der Waals surface area contributed by atoms with Gasteiger partial charge in [0.1, 0.15) is 5.25 Å². The van der Waals surface area contributed by atoms with E-state index in [1.165, 1.54) is 0 Å². The number of carbonyl (C=O) groups is 2. The zero-order valence-corrected chi connectivity index (χ0v) is 14.8. The largest absolute Gasteiger partial charge is 0.393 e. The number of hydrogen-bond acceptors (Lipinski definition) is 5. The monoisotopic (exact) mass is 356 g/mol. The molecule has 3 amide bonds. The van der Waals surface area contributed by atoms with E-state index in [4.69, 9.17) is 5.73 Å². The van der Waals surface area contributed by atoms with Crippen LogP contribution in [0.2, 0.25) is 0 Å². The van der Waals surface area contributed by atoms with Crippen LogP contribution in [0.1, 0.15) is 29.9 Å². The Bertz CT molecular complexity index is 760. The van der Waals surface area contributed by atoms with E-state index >= 15 is 0 Å². The first-order chi connectivity index (χ1) is 12.0. The van der Waals surface area contributed by atoms with Crippen LogP contribution in [-0.4, -0.2) is 35.2 Å². The lowest BCUT2D eigenvalue weighted by atomic mass is 9.88. The molecule has 3 N–H and O–H groups in total. The zero-order valence-electron chi connectivity index (χ0n) is 14.0. The van der Waals surface area contributed by atoms with Crippen molar-refractivity contribution >= 4 is 23.7 Å². The van der Waals surface area contributed by atoms with Crippen molar-refractivity contribution in [2.24, 2.45) is 5.73 Å². The van der Waals surface area contributed by atoms with Gasteiger partial charge in [-0.05, 0) is 25.3 Å². The van der Waals surface area contributed by atoms with Crippen LogP contribution in [0, 0.1) is 18.3 Å². The summed E-state index contributed by atoms with van der Waals surface area (Å²) >= 11 is 1.15. The van der Waals surface area contributed by atoms with Crippen LogP contribution in [0.25, 0.3) is 0 Å². The number of rotatable bonds is 2. The summed E-state index contributed by atoms with van der Waals surface area (Å²) in [5.41, 5.74) is 8.31. The summed E-state index contributed by atoms with van der Waals surface area (Å²) in [7, 11) is 0. The van der Waals surface area contributed by atoms with Gasteiger partial charge in [0.25, 0.3) is 0 Å². The number of nitrogens with two attached hydrogens (primary N) is 1. The van der Waals surface area contributed by atoms with Crippen molar-refractivity contribution in [3.8, 4) is 6.07 Å². The Labute approximate surface area is 151 Å². The maximum absolute atomic E-state index is 12.7. The number of nitrogens with one attached hydrogen (secondary N) is 1. The molecule has 3 rings (SSSR count). The van der Waals surface area contributed by atoms with Gasteiger partial charge in [-0.25, -0.2) is 4.79 Å². The summed E-state index contributed by atoms with van der Waals surface area (Å²) in [5.74, 6) is -0.845. The molecule has 6 nitrogen and oxygen atoms in total. The second kappa shape index (κ2) is 7.19. The molecule has 1 aromatic carbocycles. The first-order valence-corrected chi connectivity index (χ1v) is 9.12. The predicted octanol–water partition coefficient (Wildman–Crippen LogP) is 2.22. The van der Waals surface area contributed by atoms with Crippen molar-refractivity contribution in [3.05, 3.63) is 46.0 Å². The molecule has 1 saturated heterocycles. The van der Waals surface area contributed by atoms with Crippen LogP contribution < -0.4 is 11.1 Å². The van der Waals surface area contributed by atoms with Gasteiger partial charge in [-0.3, -0.25) is 10.1 Å². The van der Waals surface area contributed by atoms with Gasteiger partial charge in [0, 0.05) is 19.0 Å². The van der Waals surface area contributed by atoms with E-state index in [1.807, 2.05) is 31.2 Å². The molecule has 25 heavy (non-hydrogen) atoms. The lowest BCUT2D eigenvalue weighted by molar-refractivity contribution is -0.119. The van der Waals surface area contributed by atoms with E-state index in [1.54, 1.807) is 4.90 Å². The summed E-state index contributed by atoms with van der Waals surface area (Å²) in [5, 5.41) is 11.7. The third-order valence-corrected chi connectivity index (χ3v) is 5.79. The van der Waals surface area contributed by atoms with Crippen molar-refractivity contribution in [2.75, 3.05) is 13.1 Å². The van der Waals surface area contributed by atoms with Crippen LogP contribution in [0.5, 0.6) is 0 Å². The summed E-state index contributed by atoms with van der Waals surface area (Å²) in [6.07, 6.45) is 1.91. The maximum atomic E-state index is 12.7. The Morgan fingerprint density at radius 3 is 2.52 bits per heavy atom. The predicted molar refractivity (Wildman–Crippen MR) is 96.5 cm³/mol. The number of carbonyl (C=O) groups excluding carboxylic acids is 2. The molecule has 2 unspecified atom stereocenters. The molecular formula is C18H20N4O2S. The van der Waals surface area contributed by atoms with Crippen molar-refractivity contribution in [2.45, 2.75) is 30.9 Å². The smallest absolute Gasteiger partial charge is 0.324 e. The van der Waals surface area contributed by atoms with Crippen molar-refractivity contribution in [3.63, 3.8) is 0 Å². The number of amides is 3. The van der Waals surface area contributed by atoms with Crippen LogP contribution in [0.15, 0.2) is 34.9 Å². The minimum atomic E-state index is -0.621. The van der Waals surface area contributed by atoms with Crippen molar-refractivity contribution in [1.82, 2.24) is 10.2 Å². The van der Waals surface area contributed by atoms with Crippen molar-refractivity contribution in [1.29, 1.82) is 5.26 Å². The Balaban J connectivity index is 1.81. The van der Waals surface area contributed by atoms with Crippen LogP contribution in [0.4, 0.5) is 4.79 Å². The van der Waals surface area contributed by atoms with Gasteiger partial charge in [-0.1, -0.05) is 41.6 Å². The molecule has 2 aliphatic rings. The molecule has 0 aliphatic carbocycles. The minimum absolute atomic E-state index is 0.349. The Hall–Kier alpha value is -2.46. The number of nitriles is 1. The van der Waals surface area contributed by atoms with Crippen LogP contribution in [0.3, 0.4) is 0 Å².